The van der Waals surface area contributed by atoms with E-state index in [1.807, 2.05) is 42.5 Å². The second kappa shape index (κ2) is 10.8. The molecular formula is C30H33N3O5. The molecule has 0 spiro atoms. The van der Waals surface area contributed by atoms with Crippen LogP contribution in [-0.2, 0) is 19.8 Å². The summed E-state index contributed by atoms with van der Waals surface area (Å²) in [7, 11) is 1.50. The van der Waals surface area contributed by atoms with Gasteiger partial charge >= 0.3 is 0 Å². The molecule has 0 unspecified atom stereocenters. The highest BCUT2D eigenvalue weighted by Gasteiger charge is 2.75. The monoisotopic (exact) mass is 515 g/mol. The minimum absolute atomic E-state index is 0.0352. The summed E-state index contributed by atoms with van der Waals surface area (Å²) in [4.78, 5) is 6.38. The van der Waals surface area contributed by atoms with Crippen molar-refractivity contribution >= 4 is 6.21 Å². The van der Waals surface area contributed by atoms with Gasteiger partial charge in [0.2, 0.25) is 0 Å². The largest absolute Gasteiger partial charge is 0.495 e. The second-order valence-electron chi connectivity index (χ2n) is 9.90. The molecule has 5 atom stereocenters. The van der Waals surface area contributed by atoms with E-state index in [1.54, 1.807) is 12.1 Å². The minimum Gasteiger partial charge on any atom is -0.495 e. The van der Waals surface area contributed by atoms with E-state index in [0.29, 0.717) is 42.2 Å². The van der Waals surface area contributed by atoms with Gasteiger partial charge in [-0.2, -0.15) is 5.26 Å². The number of ether oxygens (including phenoxy) is 3. The van der Waals surface area contributed by atoms with E-state index in [2.05, 4.69) is 22.5 Å². The number of benzene rings is 2. The van der Waals surface area contributed by atoms with Gasteiger partial charge in [0.15, 0.2) is 5.60 Å². The van der Waals surface area contributed by atoms with Crippen molar-refractivity contribution in [3.63, 3.8) is 0 Å². The Hall–Kier alpha value is -3.32. The molecule has 2 N–H and O–H groups in total. The van der Waals surface area contributed by atoms with Gasteiger partial charge in [-0.15, -0.1) is 0 Å². The van der Waals surface area contributed by atoms with E-state index in [-0.39, 0.29) is 12.5 Å². The van der Waals surface area contributed by atoms with Crippen molar-refractivity contribution in [1.82, 2.24) is 4.90 Å². The number of hydrogen-bond donors (Lipinski definition) is 2. The zero-order chi connectivity index (χ0) is 26.8. The van der Waals surface area contributed by atoms with Crippen molar-refractivity contribution < 1.29 is 24.4 Å². The van der Waals surface area contributed by atoms with Gasteiger partial charge in [-0.25, -0.2) is 0 Å². The van der Waals surface area contributed by atoms with Crippen LogP contribution in [0.1, 0.15) is 22.6 Å². The average molecular weight is 516 g/mol. The molecule has 0 bridgehead atoms. The average Bonchev–Trinajstić information content (AvgIpc) is 3.37. The quantitative estimate of drug-likeness (QED) is 0.431. The van der Waals surface area contributed by atoms with Gasteiger partial charge in [0.05, 0.1) is 50.9 Å². The van der Waals surface area contributed by atoms with E-state index < -0.39 is 23.2 Å². The third-order valence-electron chi connectivity index (χ3n) is 8.16. The maximum Gasteiger partial charge on any atom is 0.151 e. The third kappa shape index (κ3) is 4.08. The fourth-order valence-corrected chi connectivity index (χ4v) is 6.49. The Morgan fingerprint density at radius 2 is 1.92 bits per heavy atom. The fraction of sp³-hybridized carbons (Fsp3) is 0.400. The van der Waals surface area contributed by atoms with Gasteiger partial charge in [-0.05, 0) is 23.3 Å². The van der Waals surface area contributed by atoms with Gasteiger partial charge in [0.25, 0.3) is 0 Å². The Kier molecular flexibility index (Phi) is 7.48. The summed E-state index contributed by atoms with van der Waals surface area (Å²) in [6.45, 7) is 6.95. The van der Waals surface area contributed by atoms with E-state index >= 15 is 0 Å². The number of fused-ring (bicyclic) bond motifs is 1. The number of nitrogens with zero attached hydrogens (tertiary/aromatic N) is 3. The second-order valence-corrected chi connectivity index (χ2v) is 9.90. The zero-order valence-electron chi connectivity index (χ0n) is 21.5. The maximum atomic E-state index is 12.8. The molecule has 8 heteroatoms. The van der Waals surface area contributed by atoms with Crippen molar-refractivity contribution in [2.24, 2.45) is 10.9 Å². The lowest BCUT2D eigenvalue weighted by molar-refractivity contribution is -0.138. The number of hydrogen-bond acceptors (Lipinski definition) is 8. The van der Waals surface area contributed by atoms with Gasteiger partial charge in [0.1, 0.15) is 11.4 Å². The first-order valence-corrected chi connectivity index (χ1v) is 12.8. The molecule has 0 aromatic heterocycles. The normalized spacial score (nSPS) is 32.6. The molecule has 0 radical (unpaired) electrons. The number of morpholine rings is 1. The summed E-state index contributed by atoms with van der Waals surface area (Å²) >= 11 is 0. The van der Waals surface area contributed by atoms with Gasteiger partial charge in [0, 0.05) is 43.2 Å². The summed E-state index contributed by atoms with van der Waals surface area (Å²) in [5.74, 6) is -0.479. The van der Waals surface area contributed by atoms with Gasteiger partial charge < -0.3 is 24.4 Å². The van der Waals surface area contributed by atoms with Crippen LogP contribution >= 0.6 is 0 Å². The number of aliphatic hydroxyl groups excluding tert-OH is 1. The van der Waals surface area contributed by atoms with Gasteiger partial charge in [-0.3, -0.25) is 9.89 Å². The summed E-state index contributed by atoms with van der Waals surface area (Å²) in [6, 6.07) is 19.1. The first-order valence-electron chi connectivity index (χ1n) is 12.8. The highest BCUT2D eigenvalue weighted by Crippen LogP contribution is 2.65. The molecule has 2 aromatic rings. The molecule has 5 rings (SSSR count). The zero-order valence-corrected chi connectivity index (χ0v) is 21.5. The maximum absolute atomic E-state index is 12.8. The summed E-state index contributed by atoms with van der Waals surface area (Å²) < 4.78 is 17.9. The molecule has 2 heterocycles. The Labute approximate surface area is 223 Å². The van der Waals surface area contributed by atoms with Crippen LogP contribution in [0, 0.1) is 17.2 Å². The van der Waals surface area contributed by atoms with Crippen LogP contribution in [-0.4, -0.2) is 79.6 Å². The lowest BCUT2D eigenvalue weighted by Crippen LogP contribution is -2.53. The minimum atomic E-state index is -1.84. The van der Waals surface area contributed by atoms with Gasteiger partial charge in [-0.1, -0.05) is 49.0 Å². The predicted octanol–water partition coefficient (Wildman–Crippen LogP) is 2.74. The molecule has 198 valence electrons. The van der Waals surface area contributed by atoms with Crippen LogP contribution in [0.2, 0.25) is 0 Å². The van der Waals surface area contributed by atoms with Crippen LogP contribution in [0.25, 0.3) is 0 Å². The van der Waals surface area contributed by atoms with Crippen LogP contribution in [0.5, 0.6) is 0 Å². The number of methoxy groups -OCH3 is 1. The van der Waals surface area contributed by atoms with Crippen LogP contribution < -0.4 is 0 Å². The lowest BCUT2D eigenvalue weighted by atomic mass is 9.70. The first kappa shape index (κ1) is 26.3. The number of allylic oxidation sites excluding steroid dienone is 1. The Morgan fingerprint density at radius 3 is 2.55 bits per heavy atom. The summed E-state index contributed by atoms with van der Waals surface area (Å²) in [5.41, 5.74) is -0.630. The smallest absolute Gasteiger partial charge is 0.151 e. The van der Waals surface area contributed by atoms with E-state index in [0.717, 1.165) is 18.7 Å². The van der Waals surface area contributed by atoms with E-state index in [4.69, 9.17) is 14.2 Å². The molecule has 1 aliphatic carbocycles. The van der Waals surface area contributed by atoms with E-state index in [9.17, 15) is 15.5 Å². The number of rotatable bonds is 7. The Bertz CT molecular complexity index is 1250. The predicted molar refractivity (Wildman–Crippen MR) is 142 cm³/mol. The Balaban J connectivity index is 1.76. The molecule has 3 fully saturated rings. The molecular weight excluding hydrogens is 482 g/mol. The molecule has 2 aromatic carbocycles. The lowest BCUT2D eigenvalue weighted by Gasteiger charge is -2.41. The third-order valence-corrected chi connectivity index (χ3v) is 8.16. The summed E-state index contributed by atoms with van der Waals surface area (Å²) in [5, 5.41) is 34.4. The molecule has 0 amide bonds. The van der Waals surface area contributed by atoms with Crippen molar-refractivity contribution in [3.8, 4) is 6.07 Å². The molecule has 38 heavy (non-hydrogen) atoms. The molecule has 8 nitrogen and oxygen atoms in total. The Morgan fingerprint density at radius 1 is 1.21 bits per heavy atom. The van der Waals surface area contributed by atoms with Crippen LogP contribution in [0.3, 0.4) is 0 Å². The van der Waals surface area contributed by atoms with Crippen molar-refractivity contribution in [1.29, 1.82) is 5.26 Å². The van der Waals surface area contributed by atoms with Crippen LogP contribution in [0.4, 0.5) is 0 Å². The standard InChI is InChI=1S/C30H33N3O5/c1-3-32-18-26(36-2)25-20-38-30(23-11-9-21(17-31)10-12-23)27(22-7-5-4-6-8-22)24(28(34)29(25,30)35)19-33-13-15-37-16-14-33/h3-12,18,24,27-28,34-35H,1,13-16,19-20H2,2H3/b26-25-,32-18?/t24-,27-,28-,29+,30+/m1/s1. The number of nitriles is 1. The highest BCUT2D eigenvalue weighted by atomic mass is 16.5. The van der Waals surface area contributed by atoms with Crippen molar-refractivity contribution in [2.45, 2.75) is 23.2 Å². The molecule has 2 saturated heterocycles. The van der Waals surface area contributed by atoms with E-state index in [1.165, 1.54) is 19.5 Å². The number of aliphatic hydroxyl groups is 2. The fourth-order valence-electron chi connectivity index (χ4n) is 6.49. The van der Waals surface area contributed by atoms with Crippen LogP contribution in [0.15, 0.2) is 83.7 Å². The molecule has 3 aliphatic rings. The molecule has 2 aliphatic heterocycles. The first-order chi connectivity index (χ1) is 18.5. The topological polar surface area (TPSA) is 108 Å². The summed E-state index contributed by atoms with van der Waals surface area (Å²) in [6.07, 6.45) is 1.68. The molecule has 1 saturated carbocycles. The highest BCUT2D eigenvalue weighted by molar-refractivity contribution is 5.79. The van der Waals surface area contributed by atoms with Crippen molar-refractivity contribution in [2.75, 3.05) is 46.6 Å². The van der Waals surface area contributed by atoms with Crippen molar-refractivity contribution in [3.05, 3.63) is 95.4 Å². The number of aliphatic imine (C=N–C) groups is 1. The SMILES string of the molecule is C=CN=C/C(OC)=C1\CO[C@@]2(c3ccc(C#N)cc3)[C@H](c3ccccc3)[C@@H](CN3CCOCC3)[C@@H](O)[C@@]12O.